The summed E-state index contributed by atoms with van der Waals surface area (Å²) >= 11 is 3.77. The largest absolute Gasteiger partial charge is 0.486 e. The summed E-state index contributed by atoms with van der Waals surface area (Å²) in [5.41, 5.74) is -0.463. The van der Waals surface area contributed by atoms with Crippen LogP contribution in [0.15, 0.2) is 18.2 Å². The molecule has 0 aromatic heterocycles. The van der Waals surface area contributed by atoms with Gasteiger partial charge in [-0.2, -0.15) is 0 Å². The van der Waals surface area contributed by atoms with Gasteiger partial charge >= 0.3 is 6.09 Å². The van der Waals surface area contributed by atoms with Crippen molar-refractivity contribution >= 4 is 24.6 Å². The molecule has 0 saturated heterocycles. The maximum absolute atomic E-state index is 13.1. The van der Waals surface area contributed by atoms with Gasteiger partial charge in [0, 0.05) is 6.07 Å². The third kappa shape index (κ3) is 3.81. The highest BCUT2D eigenvalue weighted by atomic mass is 32.1. The number of benzene rings is 1. The molecule has 1 N–H and O–H groups in total. The van der Waals surface area contributed by atoms with Gasteiger partial charge in [0.2, 0.25) is 0 Å². The fraction of sp³-hybridized carbons (Fsp3) is 0.364. The molecule has 0 heterocycles. The van der Waals surface area contributed by atoms with Crippen molar-refractivity contribution in [3.05, 3.63) is 24.0 Å². The summed E-state index contributed by atoms with van der Waals surface area (Å²) in [7, 11) is 0. The van der Waals surface area contributed by atoms with Gasteiger partial charge in [0.15, 0.2) is 0 Å². The average molecular weight is 259 g/mol. The first-order valence-corrected chi connectivity index (χ1v) is 5.31. The summed E-state index contributed by atoms with van der Waals surface area (Å²) in [5.74, 6) is -0.294. The van der Waals surface area contributed by atoms with E-state index in [1.807, 2.05) is 20.8 Å². The number of hydrogen-bond donors (Lipinski definition) is 2. The molecule has 17 heavy (non-hydrogen) atoms. The van der Waals surface area contributed by atoms with Gasteiger partial charge in [-0.25, -0.2) is 13.5 Å². The van der Waals surface area contributed by atoms with Crippen molar-refractivity contribution in [3.63, 3.8) is 0 Å². The molecule has 0 aliphatic heterocycles. The van der Waals surface area contributed by atoms with E-state index in [4.69, 9.17) is 9.84 Å². The van der Waals surface area contributed by atoms with E-state index in [1.165, 1.54) is 12.1 Å². The minimum Gasteiger partial charge on any atom is -0.486 e. The Morgan fingerprint density at radius 2 is 2.06 bits per heavy atom. The highest BCUT2D eigenvalue weighted by Gasteiger charge is 2.20. The number of carbonyl (C=O) groups is 1. The Balaban J connectivity index is 3.17. The molecule has 0 aliphatic rings. The molecule has 0 unspecified atom stereocenters. The number of amides is 1. The number of carboxylic acid groups (broad SMARTS) is 1. The second-order valence-corrected chi connectivity index (χ2v) is 4.82. The van der Waals surface area contributed by atoms with Crippen LogP contribution >= 0.6 is 12.8 Å². The third-order valence-corrected chi connectivity index (χ3v) is 2.13. The average Bonchev–Trinajstić information content (AvgIpc) is 2.17. The van der Waals surface area contributed by atoms with Crippen LogP contribution in [0.4, 0.5) is 14.9 Å². The highest BCUT2D eigenvalue weighted by Crippen LogP contribution is 2.32. The predicted octanol–water partition coefficient (Wildman–Crippen LogP) is 3.33. The van der Waals surface area contributed by atoms with Crippen molar-refractivity contribution in [2.75, 3.05) is 4.31 Å². The fourth-order valence-corrected chi connectivity index (χ4v) is 1.33. The van der Waals surface area contributed by atoms with Gasteiger partial charge in [0.05, 0.1) is 0 Å². The molecule has 6 heteroatoms. The molecule has 94 valence electrons. The first kappa shape index (κ1) is 13.6. The minimum atomic E-state index is -1.31. The van der Waals surface area contributed by atoms with Gasteiger partial charge < -0.3 is 9.84 Å². The molecule has 1 aromatic rings. The van der Waals surface area contributed by atoms with Crippen LogP contribution in [0, 0.1) is 5.82 Å². The van der Waals surface area contributed by atoms with Gasteiger partial charge in [0.25, 0.3) is 0 Å². The minimum absolute atomic E-state index is 0.0516. The normalized spacial score (nSPS) is 11.1. The predicted molar refractivity (Wildman–Crippen MR) is 66.3 cm³/mol. The Labute approximate surface area is 105 Å². The highest BCUT2D eigenvalue weighted by molar-refractivity contribution is 7.82. The van der Waals surface area contributed by atoms with E-state index < -0.39 is 17.5 Å². The topological polar surface area (TPSA) is 49.8 Å². The molecule has 0 saturated carbocycles. The molecule has 4 nitrogen and oxygen atoms in total. The third-order valence-electron chi connectivity index (χ3n) is 1.75. The molecular formula is C11H14FNO3S. The SMILES string of the molecule is CC(C)(C)Oc1ccc(F)cc1N(S)C(=O)O. The molecule has 0 spiro atoms. The number of ether oxygens (including phenoxy) is 1. The Morgan fingerprint density at radius 1 is 1.47 bits per heavy atom. The number of thiol groups is 1. The van der Waals surface area contributed by atoms with E-state index in [9.17, 15) is 9.18 Å². The van der Waals surface area contributed by atoms with Crippen LogP contribution in [0.3, 0.4) is 0 Å². The number of halogens is 1. The van der Waals surface area contributed by atoms with Crippen LogP contribution in [-0.4, -0.2) is 16.8 Å². The van der Waals surface area contributed by atoms with Crippen LogP contribution in [0.25, 0.3) is 0 Å². The van der Waals surface area contributed by atoms with Gasteiger partial charge in [-0.3, -0.25) is 0 Å². The zero-order valence-electron chi connectivity index (χ0n) is 9.77. The van der Waals surface area contributed by atoms with Crippen molar-refractivity contribution in [2.45, 2.75) is 26.4 Å². The van der Waals surface area contributed by atoms with Crippen LogP contribution in [0.5, 0.6) is 5.75 Å². The van der Waals surface area contributed by atoms with Crippen molar-refractivity contribution in [1.29, 1.82) is 0 Å². The first-order chi connectivity index (χ1) is 7.70. The van der Waals surface area contributed by atoms with Crippen molar-refractivity contribution in [2.24, 2.45) is 0 Å². The molecule has 0 atom stereocenters. The quantitative estimate of drug-likeness (QED) is 0.801. The molecule has 0 aliphatic carbocycles. The first-order valence-electron chi connectivity index (χ1n) is 4.91. The molecule has 1 rings (SSSR count). The summed E-state index contributed by atoms with van der Waals surface area (Å²) < 4.78 is 19.2. The Kier molecular flexibility index (Phi) is 3.87. The van der Waals surface area contributed by atoms with E-state index in [0.717, 1.165) is 6.07 Å². The van der Waals surface area contributed by atoms with Gasteiger partial charge in [-0.15, -0.1) is 0 Å². The van der Waals surface area contributed by atoms with Crippen molar-refractivity contribution in [1.82, 2.24) is 0 Å². The Hall–Kier alpha value is -1.43. The lowest BCUT2D eigenvalue weighted by Crippen LogP contribution is -2.25. The lowest BCUT2D eigenvalue weighted by atomic mass is 10.2. The van der Waals surface area contributed by atoms with E-state index in [0.29, 0.717) is 4.31 Å². The smallest absolute Gasteiger partial charge is 0.422 e. The monoisotopic (exact) mass is 259 g/mol. The Bertz CT molecular complexity index is 431. The zero-order valence-corrected chi connectivity index (χ0v) is 10.7. The summed E-state index contributed by atoms with van der Waals surface area (Å²) in [6, 6.07) is 3.64. The van der Waals surface area contributed by atoms with Crippen molar-refractivity contribution < 1.29 is 19.0 Å². The van der Waals surface area contributed by atoms with Crippen molar-refractivity contribution in [3.8, 4) is 5.75 Å². The molecular weight excluding hydrogens is 245 g/mol. The van der Waals surface area contributed by atoms with Crippen LogP contribution < -0.4 is 9.04 Å². The molecule has 1 amide bonds. The second kappa shape index (κ2) is 4.83. The fourth-order valence-electron chi connectivity index (χ4n) is 1.18. The zero-order chi connectivity index (χ0) is 13.2. The van der Waals surface area contributed by atoms with E-state index in [2.05, 4.69) is 12.8 Å². The summed E-state index contributed by atoms with van der Waals surface area (Å²) in [5, 5.41) is 8.82. The van der Waals surface area contributed by atoms with Gasteiger partial charge in [-0.05, 0) is 32.9 Å². The van der Waals surface area contributed by atoms with Crippen LogP contribution in [0.2, 0.25) is 0 Å². The number of hydrogen-bond acceptors (Lipinski definition) is 3. The summed E-state index contributed by atoms with van der Waals surface area (Å²) in [6.45, 7) is 5.43. The second-order valence-electron chi connectivity index (χ2n) is 4.42. The summed E-state index contributed by atoms with van der Waals surface area (Å²) in [4.78, 5) is 10.8. The van der Waals surface area contributed by atoms with Crippen LogP contribution in [-0.2, 0) is 0 Å². The summed E-state index contributed by atoms with van der Waals surface area (Å²) in [6.07, 6.45) is -1.31. The molecule has 0 fully saturated rings. The maximum Gasteiger partial charge on any atom is 0.422 e. The standard InChI is InChI=1S/C11H14FNO3S/c1-11(2,3)16-9-5-4-7(12)6-8(9)13(17)10(14)15/h4-6,17H,1-3H3,(H,14,15). The lowest BCUT2D eigenvalue weighted by molar-refractivity contribution is 0.131. The number of rotatable bonds is 2. The molecule has 0 radical (unpaired) electrons. The van der Waals surface area contributed by atoms with Crippen LogP contribution in [0.1, 0.15) is 20.8 Å². The number of nitrogens with zero attached hydrogens (tertiary/aromatic N) is 1. The molecule has 0 bridgehead atoms. The Morgan fingerprint density at radius 3 is 2.53 bits per heavy atom. The molecule has 1 aromatic carbocycles. The van der Waals surface area contributed by atoms with Gasteiger partial charge in [-0.1, -0.05) is 12.8 Å². The lowest BCUT2D eigenvalue weighted by Gasteiger charge is -2.24. The van der Waals surface area contributed by atoms with Gasteiger partial charge in [0.1, 0.15) is 22.9 Å². The van der Waals surface area contributed by atoms with E-state index in [1.54, 1.807) is 0 Å². The maximum atomic E-state index is 13.1. The van der Waals surface area contributed by atoms with E-state index >= 15 is 0 Å². The van der Waals surface area contributed by atoms with E-state index in [-0.39, 0.29) is 11.4 Å². The number of anilines is 1.